The molecule has 8 aliphatic heterocycles. The van der Waals surface area contributed by atoms with E-state index in [1.54, 1.807) is 81.3 Å². The molecule has 26 heteroatoms. The molecule has 0 atom stereocenters. The van der Waals surface area contributed by atoms with E-state index >= 15 is 0 Å². The minimum absolute atomic E-state index is 0.154. The Hall–Kier alpha value is -13.1. The molecule has 0 saturated carbocycles. The molecule has 668 valence electrons. The van der Waals surface area contributed by atoms with Gasteiger partial charge < -0.3 is 59.2 Å². The van der Waals surface area contributed by atoms with Crippen LogP contribution in [0.2, 0.25) is 0 Å². The maximum absolute atomic E-state index is 12.9. The van der Waals surface area contributed by atoms with E-state index in [1.807, 2.05) is 152 Å². The fourth-order valence-corrected chi connectivity index (χ4v) is 16.0. The van der Waals surface area contributed by atoms with Gasteiger partial charge in [0, 0.05) is 131 Å². The van der Waals surface area contributed by atoms with Gasteiger partial charge in [-0.25, -0.2) is 9.98 Å². The normalized spacial score (nSPS) is 16.2. The van der Waals surface area contributed by atoms with Crippen LogP contribution in [0.1, 0.15) is 155 Å². The van der Waals surface area contributed by atoms with Crippen LogP contribution in [0.25, 0.3) is 22.3 Å². The van der Waals surface area contributed by atoms with E-state index in [1.165, 1.54) is 117 Å². The summed E-state index contributed by atoms with van der Waals surface area (Å²) in [5.74, 6) is 3.55. The molecule has 4 saturated heterocycles. The van der Waals surface area contributed by atoms with Gasteiger partial charge in [-0.15, -0.1) is 0 Å². The third kappa shape index (κ3) is 27.9. The van der Waals surface area contributed by atoms with Gasteiger partial charge in [0.05, 0.1) is 52.8 Å². The van der Waals surface area contributed by atoms with Crippen molar-refractivity contribution in [3.8, 4) is 23.0 Å². The Morgan fingerprint density at radius 1 is 0.312 bits per heavy atom. The number of carbonyl (C=O) groups excluding carboxylic acids is 6. The van der Waals surface area contributed by atoms with E-state index < -0.39 is 11.9 Å². The van der Waals surface area contributed by atoms with E-state index in [9.17, 15) is 28.8 Å². The van der Waals surface area contributed by atoms with Crippen molar-refractivity contribution in [2.75, 3.05) is 167 Å². The molecule has 16 rings (SSSR count). The second-order valence-electron chi connectivity index (χ2n) is 32.0. The standard InChI is InChI=1S/2C26H29N3O4.2C25H29N3O3/c1-19(30)33-25-17-21(18-27-25)23-7-3-4-8-24(23)28-26(31)20-9-11-22(12-10-20)32-16-15-29-13-5-2-6-14-29;1-19(30)33-25-18-27-17-23(25)22-7-3-4-8-24(22)28-26(31)20-9-11-21(12-10-20)32-16-15-29-13-5-2-6-14-29;1-30-24-17-20(18-26-24)22-7-3-4-8-23(22)27-25(29)19-9-11-21(12-10-19)31-16-15-28-13-5-2-6-14-28;1-30-24-18-26-17-22(24)21-7-3-4-8-23(21)27-25(29)19-9-11-20(12-10-19)31-16-15-28-13-5-2-6-14-28/h3-4,7-12,17H,2,5-6,13-16,18H2,1H3,(H,28,31);3-4,7-12,18H,2,5-6,13-17H2,1H3,(H,28,31);3-4,7-12,17H,2,5-6,13-16,18H2,1H3,(H,27,29);3-4,7-12,18H,2,5-6,13-17H2,1H3,(H,27,29). The van der Waals surface area contributed by atoms with Gasteiger partial charge in [0.1, 0.15) is 55.2 Å². The first kappa shape index (κ1) is 92.5. The molecule has 8 aliphatic rings. The molecule has 26 nitrogen and oxygen atoms in total. The third-order valence-corrected chi connectivity index (χ3v) is 22.9. The number of nitrogens with one attached hydrogen (secondary N) is 4. The summed E-state index contributed by atoms with van der Waals surface area (Å²) in [6, 6.07) is 59.4. The smallest absolute Gasteiger partial charge is 0.309 e. The van der Waals surface area contributed by atoms with Gasteiger partial charge in [0.15, 0.2) is 5.76 Å². The minimum Gasteiger partial charge on any atom is -0.495 e. The number of para-hydroxylation sites is 4. The number of ether oxygens (including phenoxy) is 8. The van der Waals surface area contributed by atoms with Crippen molar-refractivity contribution in [3.05, 3.63) is 262 Å². The highest BCUT2D eigenvalue weighted by molar-refractivity contribution is 6.11. The molecule has 8 heterocycles. The molecule has 0 spiro atoms. The maximum Gasteiger partial charge on any atom is 0.309 e. The highest BCUT2D eigenvalue weighted by Crippen LogP contribution is 2.35. The maximum atomic E-state index is 12.9. The first-order chi connectivity index (χ1) is 62.6. The minimum atomic E-state index is -0.410. The van der Waals surface area contributed by atoms with E-state index in [-0.39, 0.29) is 29.5 Å². The van der Waals surface area contributed by atoms with E-state index in [0.717, 1.165) is 137 Å². The second kappa shape index (κ2) is 48.5. The van der Waals surface area contributed by atoms with Crippen LogP contribution in [-0.4, -0.2) is 225 Å². The Bertz CT molecular complexity index is 5350. The Morgan fingerprint density at radius 2 is 0.594 bits per heavy atom. The van der Waals surface area contributed by atoms with Crippen LogP contribution in [0, 0.1) is 0 Å². The fraction of sp³-hybridized carbons (Fsp3) is 0.353. The highest BCUT2D eigenvalue weighted by atomic mass is 16.5. The first-order valence-corrected chi connectivity index (χ1v) is 44.5. The zero-order valence-corrected chi connectivity index (χ0v) is 73.7. The number of hydrogen-bond acceptors (Lipinski definition) is 22. The molecule has 128 heavy (non-hydrogen) atoms. The molecule has 0 aliphatic carbocycles. The topological polar surface area (TPSA) is 287 Å². The van der Waals surface area contributed by atoms with E-state index in [4.69, 9.17) is 37.9 Å². The number of carbonyl (C=O) groups is 6. The lowest BCUT2D eigenvalue weighted by Crippen LogP contribution is -2.33. The Kier molecular flexibility index (Phi) is 35.1. The summed E-state index contributed by atoms with van der Waals surface area (Å²) in [6.07, 6.45) is 22.4. The van der Waals surface area contributed by atoms with Crippen LogP contribution in [0.4, 0.5) is 22.7 Å². The number of nitrogens with zero attached hydrogens (tertiary/aromatic N) is 8. The molecule has 0 unspecified atom stereocenters. The monoisotopic (exact) mass is 1730 g/mol. The number of amides is 4. The third-order valence-electron chi connectivity index (χ3n) is 22.9. The van der Waals surface area contributed by atoms with E-state index in [2.05, 4.69) is 60.8 Å². The van der Waals surface area contributed by atoms with Gasteiger partial charge in [0.25, 0.3) is 23.6 Å². The summed E-state index contributed by atoms with van der Waals surface area (Å²) in [5.41, 5.74) is 12.2. The van der Waals surface area contributed by atoms with Gasteiger partial charge in [-0.3, -0.25) is 58.4 Å². The van der Waals surface area contributed by atoms with Crippen molar-refractivity contribution < 1.29 is 66.7 Å². The fourth-order valence-electron chi connectivity index (χ4n) is 16.0. The lowest BCUT2D eigenvalue weighted by molar-refractivity contribution is -0.136. The Labute approximate surface area is 749 Å². The quantitative estimate of drug-likeness (QED) is 0.0304. The second-order valence-corrected chi connectivity index (χ2v) is 32.0. The van der Waals surface area contributed by atoms with Crippen LogP contribution < -0.4 is 40.2 Å². The van der Waals surface area contributed by atoms with Crippen molar-refractivity contribution in [3.63, 3.8) is 0 Å². The molecule has 4 fully saturated rings. The van der Waals surface area contributed by atoms with Crippen LogP contribution in [0.3, 0.4) is 0 Å². The average Bonchev–Trinajstić information content (AvgIpc) is 1.53. The van der Waals surface area contributed by atoms with Crippen LogP contribution in [-0.2, 0) is 28.5 Å². The lowest BCUT2D eigenvalue weighted by Gasteiger charge is -2.26. The van der Waals surface area contributed by atoms with Crippen molar-refractivity contribution in [1.82, 2.24) is 19.6 Å². The van der Waals surface area contributed by atoms with Gasteiger partial charge in [-0.1, -0.05) is 98.5 Å². The predicted molar refractivity (Wildman–Crippen MR) is 505 cm³/mol. The molecule has 8 aromatic rings. The van der Waals surface area contributed by atoms with Gasteiger partial charge >= 0.3 is 11.9 Å². The summed E-state index contributed by atoms with van der Waals surface area (Å²) in [4.78, 5) is 101. The number of piperidine rings is 4. The van der Waals surface area contributed by atoms with Crippen LogP contribution in [0.15, 0.2) is 238 Å². The van der Waals surface area contributed by atoms with E-state index in [0.29, 0.717) is 97.9 Å². The number of benzene rings is 8. The SMILES string of the molecule is CC(=O)OC1=C(c2ccccc2NC(=O)c2ccc(OCCN3CCCCC3)cc2)CN=C1.CC(=O)OC1=NCC(c2ccccc2NC(=O)c2ccc(OCCN3CCCCC3)cc2)=C1.COC1=C(c2ccccc2NC(=O)c2ccc(OCCN3CCCCC3)cc2)CN=C1.COC1=NCC(c2ccccc2NC(=O)c2ccc(OCCN3CCCCC3)cc2)=C1. The number of rotatable bonds is 30. The highest BCUT2D eigenvalue weighted by Gasteiger charge is 2.25. The largest absolute Gasteiger partial charge is 0.495 e. The molecular weight excluding hydrogens is 1620 g/mol. The Morgan fingerprint density at radius 3 is 0.898 bits per heavy atom. The molecular formula is C102H116N12O14. The summed E-state index contributed by atoms with van der Waals surface area (Å²) in [6.45, 7) is 20.2. The lowest BCUT2D eigenvalue weighted by atomic mass is 10.0. The molecule has 0 radical (unpaired) electrons. The first-order valence-electron chi connectivity index (χ1n) is 44.5. The van der Waals surface area contributed by atoms with Crippen molar-refractivity contribution in [1.29, 1.82) is 0 Å². The molecule has 0 aromatic heterocycles. The van der Waals surface area contributed by atoms with Gasteiger partial charge in [0.2, 0.25) is 11.8 Å². The zero-order chi connectivity index (χ0) is 89.0. The molecule has 0 bridgehead atoms. The predicted octanol–water partition coefficient (Wildman–Crippen LogP) is 16.8. The molecule has 4 N–H and O–H groups in total. The van der Waals surface area contributed by atoms with Gasteiger partial charge in [-0.05, 0) is 236 Å². The zero-order valence-electron chi connectivity index (χ0n) is 73.7. The average molecular weight is 1730 g/mol. The summed E-state index contributed by atoms with van der Waals surface area (Å²) >= 11 is 0. The summed E-state index contributed by atoms with van der Waals surface area (Å²) < 4.78 is 44.4. The summed E-state index contributed by atoms with van der Waals surface area (Å²) in [7, 11) is 3.23. The summed E-state index contributed by atoms with van der Waals surface area (Å²) in [5, 5.41) is 12.0. The number of likely N-dealkylation sites (tertiary alicyclic amines) is 4. The molecule has 8 aromatic carbocycles. The number of methoxy groups -OCH3 is 2. The van der Waals surface area contributed by atoms with Crippen molar-refractivity contribution in [2.45, 2.75) is 90.9 Å². The Balaban J connectivity index is 0.000000146. The number of aliphatic imine (C=N–C) groups is 4. The van der Waals surface area contributed by atoms with Crippen molar-refractivity contribution >= 4 is 105 Å². The number of allylic oxidation sites excluding steroid dienone is 2. The number of hydrogen-bond donors (Lipinski definition) is 4. The number of esters is 2. The van der Waals surface area contributed by atoms with Gasteiger partial charge in [-0.2, -0.15) is 0 Å². The number of anilines is 4. The molecule has 4 amide bonds. The van der Waals surface area contributed by atoms with Crippen LogP contribution >= 0.6 is 0 Å². The van der Waals surface area contributed by atoms with Crippen LogP contribution in [0.5, 0.6) is 23.0 Å². The van der Waals surface area contributed by atoms with Crippen molar-refractivity contribution in [2.24, 2.45) is 20.0 Å².